The molecule has 27 heavy (non-hydrogen) atoms. The van der Waals surface area contributed by atoms with Crippen molar-refractivity contribution in [3.8, 4) is 0 Å². The second-order valence-corrected chi connectivity index (χ2v) is 6.27. The zero-order valence-electron chi connectivity index (χ0n) is 14.6. The summed E-state index contributed by atoms with van der Waals surface area (Å²) >= 11 is 5.87. The Morgan fingerprint density at radius 1 is 1.07 bits per heavy atom. The molecule has 0 aliphatic carbocycles. The number of ketones is 1. The molecule has 6 nitrogen and oxygen atoms in total. The molecule has 1 aromatic heterocycles. The fourth-order valence-corrected chi connectivity index (χ4v) is 2.49. The minimum atomic E-state index is -0.382. The molecule has 136 valence electrons. The van der Waals surface area contributed by atoms with Crippen LogP contribution in [0.1, 0.15) is 33.3 Å². The third kappa shape index (κ3) is 5.12. The summed E-state index contributed by atoms with van der Waals surface area (Å²) in [5.41, 5.74) is 2.29. The van der Waals surface area contributed by atoms with Gasteiger partial charge in [-0.2, -0.15) is 0 Å². The maximum Gasteiger partial charge on any atom is 0.274 e. The van der Waals surface area contributed by atoms with Gasteiger partial charge in [-0.1, -0.05) is 35.9 Å². The number of Topliss-reactive ketones (excluding diaryl/α,β-unsaturated/α-hetero) is 1. The summed E-state index contributed by atoms with van der Waals surface area (Å²) in [6, 6.07) is 15.7. The number of amides is 1. The number of anilines is 2. The van der Waals surface area contributed by atoms with Crippen molar-refractivity contribution in [1.82, 2.24) is 9.97 Å². The number of carbonyl (C=O) groups excluding carboxylic acids is 2. The van der Waals surface area contributed by atoms with Gasteiger partial charge in [-0.05, 0) is 42.8 Å². The molecule has 0 saturated carbocycles. The number of rotatable bonds is 6. The third-order valence-electron chi connectivity index (χ3n) is 3.78. The van der Waals surface area contributed by atoms with Crippen LogP contribution in [-0.2, 0) is 6.54 Å². The molecule has 0 saturated heterocycles. The number of hydrogen-bond acceptors (Lipinski definition) is 5. The van der Waals surface area contributed by atoms with Gasteiger partial charge in [-0.15, -0.1) is 0 Å². The summed E-state index contributed by atoms with van der Waals surface area (Å²) < 4.78 is 0. The highest BCUT2D eigenvalue weighted by molar-refractivity contribution is 6.30. The van der Waals surface area contributed by atoms with Crippen LogP contribution < -0.4 is 10.6 Å². The van der Waals surface area contributed by atoms with Gasteiger partial charge in [-0.3, -0.25) is 9.59 Å². The second kappa shape index (κ2) is 8.42. The predicted molar refractivity (Wildman–Crippen MR) is 105 cm³/mol. The van der Waals surface area contributed by atoms with Crippen LogP contribution in [0, 0.1) is 0 Å². The fourth-order valence-electron chi connectivity index (χ4n) is 2.36. The normalized spacial score (nSPS) is 10.3. The van der Waals surface area contributed by atoms with Gasteiger partial charge in [-0.25, -0.2) is 9.97 Å². The first kappa shape index (κ1) is 18.5. The van der Waals surface area contributed by atoms with Gasteiger partial charge in [0.1, 0.15) is 5.69 Å². The highest BCUT2D eigenvalue weighted by Gasteiger charge is 2.10. The molecule has 0 atom stereocenters. The van der Waals surface area contributed by atoms with Crippen LogP contribution in [0.3, 0.4) is 0 Å². The molecule has 1 amide bonds. The Bertz CT molecular complexity index is 974. The van der Waals surface area contributed by atoms with E-state index in [0.29, 0.717) is 28.8 Å². The lowest BCUT2D eigenvalue weighted by Crippen LogP contribution is -2.15. The van der Waals surface area contributed by atoms with Crippen molar-refractivity contribution in [3.05, 3.63) is 82.6 Å². The third-order valence-corrected chi connectivity index (χ3v) is 4.03. The molecule has 2 N–H and O–H groups in total. The van der Waals surface area contributed by atoms with Crippen molar-refractivity contribution < 1.29 is 9.59 Å². The topological polar surface area (TPSA) is 84.0 Å². The highest BCUT2D eigenvalue weighted by Crippen LogP contribution is 2.13. The van der Waals surface area contributed by atoms with Crippen LogP contribution in [0.15, 0.2) is 60.8 Å². The maximum absolute atomic E-state index is 12.4. The summed E-state index contributed by atoms with van der Waals surface area (Å²) in [6.07, 6.45) is 1.51. The maximum atomic E-state index is 12.4. The smallest absolute Gasteiger partial charge is 0.274 e. The van der Waals surface area contributed by atoms with Gasteiger partial charge >= 0.3 is 0 Å². The van der Waals surface area contributed by atoms with E-state index in [1.165, 1.54) is 19.2 Å². The molecular formula is C20H17ClN4O2. The van der Waals surface area contributed by atoms with E-state index < -0.39 is 0 Å². The first-order chi connectivity index (χ1) is 13.0. The van der Waals surface area contributed by atoms with E-state index in [0.717, 1.165) is 5.56 Å². The average Bonchev–Trinajstić information content (AvgIpc) is 2.68. The Kier molecular flexibility index (Phi) is 5.78. The summed E-state index contributed by atoms with van der Waals surface area (Å²) in [4.78, 5) is 32.2. The van der Waals surface area contributed by atoms with E-state index in [1.54, 1.807) is 36.4 Å². The zero-order chi connectivity index (χ0) is 19.2. The standard InChI is InChI=1S/C20H17ClN4O2/c1-13(26)15-3-2-4-17(11-15)24-19(27)18-9-10-22-20(25-18)23-12-14-5-7-16(21)8-6-14/h2-11H,12H2,1H3,(H,24,27)(H,22,23,25). The Hall–Kier alpha value is -3.25. The van der Waals surface area contributed by atoms with Crippen molar-refractivity contribution >= 4 is 34.9 Å². The van der Waals surface area contributed by atoms with Gasteiger partial charge in [0.15, 0.2) is 5.78 Å². The molecule has 0 fully saturated rings. The van der Waals surface area contributed by atoms with Gasteiger partial charge in [0, 0.05) is 29.0 Å². The van der Waals surface area contributed by atoms with Crippen LogP contribution in [0.4, 0.5) is 11.6 Å². The van der Waals surface area contributed by atoms with E-state index in [2.05, 4.69) is 20.6 Å². The number of aromatic nitrogens is 2. The van der Waals surface area contributed by atoms with Crippen molar-refractivity contribution in [1.29, 1.82) is 0 Å². The van der Waals surface area contributed by atoms with E-state index in [9.17, 15) is 9.59 Å². The number of nitrogens with one attached hydrogen (secondary N) is 2. The molecular weight excluding hydrogens is 364 g/mol. The van der Waals surface area contributed by atoms with E-state index in [1.807, 2.05) is 12.1 Å². The Morgan fingerprint density at radius 2 is 1.85 bits per heavy atom. The molecule has 0 bridgehead atoms. The SMILES string of the molecule is CC(=O)c1cccc(NC(=O)c2ccnc(NCc3ccc(Cl)cc3)n2)c1. The van der Waals surface area contributed by atoms with E-state index in [-0.39, 0.29) is 17.4 Å². The minimum absolute atomic E-state index is 0.0678. The van der Waals surface area contributed by atoms with E-state index >= 15 is 0 Å². The summed E-state index contributed by atoms with van der Waals surface area (Å²) in [5, 5.41) is 6.48. The van der Waals surface area contributed by atoms with Crippen LogP contribution >= 0.6 is 11.6 Å². The lowest BCUT2D eigenvalue weighted by Gasteiger charge is -2.08. The molecule has 0 unspecified atom stereocenters. The summed E-state index contributed by atoms with van der Waals surface area (Å²) in [6.45, 7) is 1.98. The molecule has 1 heterocycles. The lowest BCUT2D eigenvalue weighted by atomic mass is 10.1. The molecule has 3 aromatic rings. The lowest BCUT2D eigenvalue weighted by molar-refractivity contribution is 0.100. The minimum Gasteiger partial charge on any atom is -0.350 e. The Morgan fingerprint density at radius 3 is 2.59 bits per heavy atom. The van der Waals surface area contributed by atoms with Crippen molar-refractivity contribution in [2.24, 2.45) is 0 Å². The fraction of sp³-hybridized carbons (Fsp3) is 0.100. The predicted octanol–water partition coefficient (Wildman–Crippen LogP) is 4.20. The number of hydrogen-bond donors (Lipinski definition) is 2. The molecule has 7 heteroatoms. The van der Waals surface area contributed by atoms with Gasteiger partial charge in [0.25, 0.3) is 5.91 Å². The van der Waals surface area contributed by atoms with Gasteiger partial charge in [0.05, 0.1) is 0 Å². The first-order valence-corrected chi connectivity index (χ1v) is 8.63. The number of carbonyl (C=O) groups is 2. The first-order valence-electron chi connectivity index (χ1n) is 8.25. The van der Waals surface area contributed by atoms with Gasteiger partial charge in [0.2, 0.25) is 5.95 Å². The Balaban J connectivity index is 1.67. The summed E-state index contributed by atoms with van der Waals surface area (Å²) in [5.74, 6) is -0.107. The van der Waals surface area contributed by atoms with E-state index in [4.69, 9.17) is 11.6 Å². The molecule has 2 aromatic carbocycles. The van der Waals surface area contributed by atoms with Gasteiger partial charge < -0.3 is 10.6 Å². The molecule has 0 aliphatic rings. The van der Waals surface area contributed by atoms with Crippen LogP contribution in [0.25, 0.3) is 0 Å². The number of benzene rings is 2. The molecule has 0 spiro atoms. The number of nitrogens with zero attached hydrogens (tertiary/aromatic N) is 2. The van der Waals surface area contributed by atoms with Crippen molar-refractivity contribution in [2.45, 2.75) is 13.5 Å². The largest absolute Gasteiger partial charge is 0.350 e. The van der Waals surface area contributed by atoms with Crippen LogP contribution in [-0.4, -0.2) is 21.7 Å². The quantitative estimate of drug-likeness (QED) is 0.626. The van der Waals surface area contributed by atoms with Crippen LogP contribution in [0.2, 0.25) is 5.02 Å². The summed E-state index contributed by atoms with van der Waals surface area (Å²) in [7, 11) is 0. The average molecular weight is 381 g/mol. The zero-order valence-corrected chi connectivity index (χ0v) is 15.3. The van der Waals surface area contributed by atoms with Crippen molar-refractivity contribution in [3.63, 3.8) is 0 Å². The molecule has 3 rings (SSSR count). The molecule has 0 radical (unpaired) electrons. The van der Waals surface area contributed by atoms with Crippen molar-refractivity contribution in [2.75, 3.05) is 10.6 Å². The number of halogens is 1. The van der Waals surface area contributed by atoms with Crippen LogP contribution in [0.5, 0.6) is 0 Å². The monoisotopic (exact) mass is 380 g/mol. The highest BCUT2D eigenvalue weighted by atomic mass is 35.5. The Labute approximate surface area is 161 Å². The molecule has 0 aliphatic heterocycles. The second-order valence-electron chi connectivity index (χ2n) is 5.84.